The van der Waals surface area contributed by atoms with Gasteiger partial charge in [-0.05, 0) is 24.1 Å². The minimum Gasteiger partial charge on any atom is -0.340 e. The predicted octanol–water partition coefficient (Wildman–Crippen LogP) is 2.18. The van der Waals surface area contributed by atoms with Crippen LogP contribution in [0.15, 0.2) is 24.3 Å². The van der Waals surface area contributed by atoms with Crippen LogP contribution < -0.4 is 5.73 Å². The van der Waals surface area contributed by atoms with Crippen molar-refractivity contribution in [2.24, 2.45) is 5.73 Å². The first-order valence-corrected chi connectivity index (χ1v) is 7.01. The molecule has 1 aliphatic heterocycles. The third kappa shape index (κ3) is 6.41. The molecular weight excluding hydrogens is 333 g/mol. The first-order chi connectivity index (χ1) is 9.19. The molecule has 0 spiro atoms. The molecule has 1 fully saturated rings. The number of carbonyl (C=O) groups excluding carboxylic acids is 1. The van der Waals surface area contributed by atoms with Gasteiger partial charge in [-0.25, -0.2) is 0 Å². The molecule has 2 rings (SSSR count). The summed E-state index contributed by atoms with van der Waals surface area (Å²) in [5.41, 5.74) is 6.66. The van der Waals surface area contributed by atoms with Gasteiger partial charge < -0.3 is 10.6 Å². The summed E-state index contributed by atoms with van der Waals surface area (Å²) in [7, 11) is 0. The number of halogens is 3. The maximum atomic E-state index is 11.6. The van der Waals surface area contributed by atoms with Crippen LogP contribution in [0.5, 0.6) is 0 Å². The van der Waals surface area contributed by atoms with Gasteiger partial charge in [-0.15, -0.1) is 24.8 Å². The van der Waals surface area contributed by atoms with Gasteiger partial charge in [0, 0.05) is 37.7 Å². The molecule has 0 aliphatic carbocycles. The highest BCUT2D eigenvalue weighted by Crippen LogP contribution is 2.13. The van der Waals surface area contributed by atoms with Crippen LogP contribution in [0.1, 0.15) is 12.0 Å². The van der Waals surface area contributed by atoms with Crippen molar-refractivity contribution in [2.75, 3.05) is 32.7 Å². The minimum atomic E-state index is 0. The first kappa shape index (κ1) is 20.5. The summed E-state index contributed by atoms with van der Waals surface area (Å²) >= 11 is 5.88. The molecule has 1 heterocycles. The molecule has 0 saturated carbocycles. The number of hydrogen-bond donors (Lipinski definition) is 1. The van der Waals surface area contributed by atoms with Gasteiger partial charge in [-0.1, -0.05) is 23.7 Å². The molecule has 0 radical (unpaired) electrons. The van der Waals surface area contributed by atoms with Crippen LogP contribution >= 0.6 is 36.4 Å². The SMILES string of the molecule is Cl.Cl.NCC(=O)N1CCCN(Cc2ccc(Cl)cc2)CC1. The molecule has 2 N–H and O–H groups in total. The van der Waals surface area contributed by atoms with Crippen molar-refractivity contribution in [2.45, 2.75) is 13.0 Å². The molecule has 0 bridgehead atoms. The third-order valence-electron chi connectivity index (χ3n) is 3.44. The van der Waals surface area contributed by atoms with Crippen molar-refractivity contribution in [3.8, 4) is 0 Å². The monoisotopic (exact) mass is 353 g/mol. The fourth-order valence-corrected chi connectivity index (χ4v) is 2.48. The number of hydrogen-bond acceptors (Lipinski definition) is 3. The highest BCUT2D eigenvalue weighted by Gasteiger charge is 2.17. The van der Waals surface area contributed by atoms with Crippen LogP contribution in [-0.2, 0) is 11.3 Å². The Balaban J connectivity index is 0.00000200. The van der Waals surface area contributed by atoms with Gasteiger partial charge in [0.25, 0.3) is 0 Å². The molecule has 7 heteroatoms. The fraction of sp³-hybridized carbons (Fsp3) is 0.500. The number of nitrogens with two attached hydrogens (primary N) is 1. The van der Waals surface area contributed by atoms with E-state index in [0.717, 1.165) is 44.2 Å². The number of carbonyl (C=O) groups is 1. The van der Waals surface area contributed by atoms with E-state index in [-0.39, 0.29) is 37.3 Å². The maximum absolute atomic E-state index is 11.6. The van der Waals surface area contributed by atoms with Gasteiger partial charge in [-0.2, -0.15) is 0 Å². The van der Waals surface area contributed by atoms with Crippen LogP contribution in [-0.4, -0.2) is 48.4 Å². The molecule has 120 valence electrons. The lowest BCUT2D eigenvalue weighted by molar-refractivity contribution is -0.129. The van der Waals surface area contributed by atoms with Crippen LogP contribution in [0.25, 0.3) is 0 Å². The van der Waals surface area contributed by atoms with E-state index in [1.54, 1.807) is 0 Å². The highest BCUT2D eigenvalue weighted by molar-refractivity contribution is 6.30. The van der Waals surface area contributed by atoms with Gasteiger partial charge in [0.1, 0.15) is 0 Å². The largest absolute Gasteiger partial charge is 0.340 e. The highest BCUT2D eigenvalue weighted by atomic mass is 35.5. The lowest BCUT2D eigenvalue weighted by Gasteiger charge is -2.21. The number of rotatable bonds is 3. The van der Waals surface area contributed by atoms with E-state index in [9.17, 15) is 4.79 Å². The van der Waals surface area contributed by atoms with E-state index in [1.165, 1.54) is 5.56 Å². The Bertz CT molecular complexity index is 428. The van der Waals surface area contributed by atoms with Crippen LogP contribution in [0.2, 0.25) is 5.02 Å². The van der Waals surface area contributed by atoms with Crippen molar-refractivity contribution in [3.05, 3.63) is 34.9 Å². The molecule has 1 aromatic rings. The quantitative estimate of drug-likeness (QED) is 0.905. The van der Waals surface area contributed by atoms with Gasteiger partial charge in [0.15, 0.2) is 0 Å². The van der Waals surface area contributed by atoms with E-state index in [2.05, 4.69) is 17.0 Å². The molecule has 0 unspecified atom stereocenters. The molecule has 1 aromatic carbocycles. The second kappa shape index (κ2) is 10.2. The van der Waals surface area contributed by atoms with Crippen molar-refractivity contribution in [3.63, 3.8) is 0 Å². The standard InChI is InChI=1S/C14H20ClN3O.2ClH/c15-13-4-2-12(3-5-13)11-17-6-1-7-18(9-8-17)14(19)10-16;;/h2-5H,1,6-11,16H2;2*1H. The molecule has 1 amide bonds. The van der Waals surface area contributed by atoms with Crippen molar-refractivity contribution in [1.29, 1.82) is 0 Å². The average Bonchev–Trinajstić information content (AvgIpc) is 2.66. The van der Waals surface area contributed by atoms with Crippen LogP contribution in [0.4, 0.5) is 0 Å². The Morgan fingerprint density at radius 2 is 1.76 bits per heavy atom. The summed E-state index contributed by atoms with van der Waals surface area (Å²) in [6, 6.07) is 7.93. The first-order valence-electron chi connectivity index (χ1n) is 6.63. The maximum Gasteiger partial charge on any atom is 0.236 e. The Labute approximate surface area is 143 Å². The fourth-order valence-electron chi connectivity index (χ4n) is 2.36. The Kier molecular flexibility index (Phi) is 9.99. The van der Waals surface area contributed by atoms with E-state index in [0.29, 0.717) is 0 Å². The zero-order valence-electron chi connectivity index (χ0n) is 11.8. The van der Waals surface area contributed by atoms with Crippen LogP contribution in [0, 0.1) is 0 Å². The van der Waals surface area contributed by atoms with E-state index in [4.69, 9.17) is 17.3 Å². The summed E-state index contributed by atoms with van der Waals surface area (Å²) in [4.78, 5) is 15.8. The number of benzene rings is 1. The summed E-state index contributed by atoms with van der Waals surface area (Å²) in [6.45, 7) is 4.50. The number of nitrogens with zero attached hydrogens (tertiary/aromatic N) is 2. The van der Waals surface area contributed by atoms with Gasteiger partial charge in [0.2, 0.25) is 5.91 Å². The average molecular weight is 355 g/mol. The van der Waals surface area contributed by atoms with Gasteiger partial charge in [-0.3, -0.25) is 9.69 Å². The van der Waals surface area contributed by atoms with E-state index in [1.807, 2.05) is 17.0 Å². The summed E-state index contributed by atoms with van der Waals surface area (Å²) in [6.07, 6.45) is 0.999. The molecule has 0 atom stereocenters. The zero-order valence-corrected chi connectivity index (χ0v) is 14.2. The smallest absolute Gasteiger partial charge is 0.236 e. The Morgan fingerprint density at radius 1 is 1.10 bits per heavy atom. The molecule has 0 aromatic heterocycles. The summed E-state index contributed by atoms with van der Waals surface area (Å²) in [5, 5.41) is 0.763. The zero-order chi connectivity index (χ0) is 13.7. The lowest BCUT2D eigenvalue weighted by atomic mass is 10.2. The number of amides is 1. The molecule has 21 heavy (non-hydrogen) atoms. The predicted molar refractivity (Wildman–Crippen MR) is 91.5 cm³/mol. The van der Waals surface area contributed by atoms with E-state index < -0.39 is 0 Å². The van der Waals surface area contributed by atoms with E-state index >= 15 is 0 Å². The Hall–Kier alpha value is -0.520. The third-order valence-corrected chi connectivity index (χ3v) is 3.69. The summed E-state index contributed by atoms with van der Waals surface area (Å²) < 4.78 is 0. The van der Waals surface area contributed by atoms with Crippen LogP contribution in [0.3, 0.4) is 0 Å². The van der Waals surface area contributed by atoms with Crippen molar-refractivity contribution < 1.29 is 4.79 Å². The van der Waals surface area contributed by atoms with Crippen molar-refractivity contribution in [1.82, 2.24) is 9.80 Å². The minimum absolute atomic E-state index is 0. The summed E-state index contributed by atoms with van der Waals surface area (Å²) in [5.74, 6) is 0.0494. The second-order valence-electron chi connectivity index (χ2n) is 4.84. The van der Waals surface area contributed by atoms with Gasteiger partial charge >= 0.3 is 0 Å². The molecule has 1 aliphatic rings. The molecule has 4 nitrogen and oxygen atoms in total. The normalized spacial score (nSPS) is 15.6. The second-order valence-corrected chi connectivity index (χ2v) is 5.28. The van der Waals surface area contributed by atoms with Crippen molar-refractivity contribution >= 4 is 42.3 Å². The van der Waals surface area contributed by atoms with Gasteiger partial charge in [0.05, 0.1) is 6.54 Å². The molecular formula is C14H22Cl3N3O. The lowest BCUT2D eigenvalue weighted by Crippen LogP contribution is -2.38. The Morgan fingerprint density at radius 3 is 2.38 bits per heavy atom. The topological polar surface area (TPSA) is 49.6 Å². The molecule has 1 saturated heterocycles.